The van der Waals surface area contributed by atoms with Crippen LogP contribution in [0.1, 0.15) is 38.5 Å². The summed E-state index contributed by atoms with van der Waals surface area (Å²) in [7, 11) is 0. The fraction of sp³-hybridized carbons (Fsp3) is 0.857. The molecule has 1 aliphatic carbocycles. The molecule has 2 fully saturated rings. The van der Waals surface area contributed by atoms with Crippen molar-refractivity contribution in [1.82, 2.24) is 10.2 Å². The number of hydrogen-bond acceptors (Lipinski definition) is 2. The number of piperidine rings is 1. The largest absolute Gasteiger partial charge is 0.481 e. The maximum absolute atomic E-state index is 12.5. The van der Waals surface area contributed by atoms with Crippen LogP contribution in [0, 0.1) is 11.8 Å². The fourth-order valence-corrected chi connectivity index (χ4v) is 3.04. The molecule has 0 atom stereocenters. The Labute approximate surface area is 118 Å². The number of rotatable bonds is 3. The summed E-state index contributed by atoms with van der Waals surface area (Å²) in [5, 5.41) is 11.9. The lowest BCUT2D eigenvalue weighted by Gasteiger charge is -2.33. The number of halogens is 1. The number of nitrogens with one attached hydrogen (secondary N) is 1. The Bertz CT molecular complexity index is 348. The summed E-state index contributed by atoms with van der Waals surface area (Å²) in [6, 6.07) is -0.00178. The molecule has 0 aromatic rings. The molecule has 2 amide bonds. The smallest absolute Gasteiger partial charge is 0.317 e. The van der Waals surface area contributed by atoms with Crippen LogP contribution in [0.5, 0.6) is 0 Å². The Balaban J connectivity index is 1.72. The van der Waals surface area contributed by atoms with Crippen LogP contribution in [-0.4, -0.2) is 47.8 Å². The van der Waals surface area contributed by atoms with E-state index in [0.29, 0.717) is 25.9 Å². The minimum atomic E-state index is -0.733. The van der Waals surface area contributed by atoms with Gasteiger partial charge in [0.1, 0.15) is 0 Å². The van der Waals surface area contributed by atoms with Crippen molar-refractivity contribution in [3.05, 3.63) is 0 Å². The Kier molecular flexibility index (Phi) is 5.20. The van der Waals surface area contributed by atoms with Crippen LogP contribution < -0.4 is 5.32 Å². The lowest BCUT2D eigenvalue weighted by Crippen LogP contribution is -2.49. The number of carboxylic acid groups (broad SMARTS) is 1. The van der Waals surface area contributed by atoms with Crippen LogP contribution in [0.3, 0.4) is 0 Å². The second-order valence-corrected chi connectivity index (χ2v) is 5.92. The van der Waals surface area contributed by atoms with Gasteiger partial charge in [-0.25, -0.2) is 4.79 Å². The van der Waals surface area contributed by atoms with Crippen molar-refractivity contribution in [2.24, 2.45) is 11.8 Å². The van der Waals surface area contributed by atoms with Gasteiger partial charge in [0.2, 0.25) is 0 Å². The second kappa shape index (κ2) is 6.90. The van der Waals surface area contributed by atoms with Gasteiger partial charge in [0.25, 0.3) is 0 Å². The Hall–Kier alpha value is -1.33. The van der Waals surface area contributed by atoms with Crippen LogP contribution in [0.2, 0.25) is 0 Å². The maximum atomic E-state index is 12.5. The minimum Gasteiger partial charge on any atom is -0.481 e. The normalized spacial score (nSPS) is 28.1. The van der Waals surface area contributed by atoms with Gasteiger partial charge in [-0.1, -0.05) is 0 Å². The second-order valence-electron chi connectivity index (χ2n) is 5.92. The summed E-state index contributed by atoms with van der Waals surface area (Å²) in [5.74, 6) is -0.892. The molecular weight excluding hydrogens is 263 g/mol. The van der Waals surface area contributed by atoms with Crippen LogP contribution in [-0.2, 0) is 4.79 Å². The molecule has 0 unspecified atom stereocenters. The zero-order chi connectivity index (χ0) is 14.5. The molecule has 6 heteroatoms. The first-order chi connectivity index (χ1) is 9.60. The van der Waals surface area contributed by atoms with Crippen LogP contribution in [0.25, 0.3) is 0 Å². The third kappa shape index (κ3) is 3.84. The van der Waals surface area contributed by atoms with Crippen LogP contribution in [0.15, 0.2) is 0 Å². The summed E-state index contributed by atoms with van der Waals surface area (Å²) < 4.78 is 12.5. The zero-order valence-corrected chi connectivity index (χ0v) is 11.7. The first-order valence-corrected chi connectivity index (χ1v) is 7.44. The maximum Gasteiger partial charge on any atom is 0.317 e. The van der Waals surface area contributed by atoms with E-state index in [0.717, 1.165) is 25.7 Å². The predicted octanol–water partition coefficient (Wildman–Crippen LogP) is 2.02. The van der Waals surface area contributed by atoms with Crippen molar-refractivity contribution in [3.63, 3.8) is 0 Å². The van der Waals surface area contributed by atoms with E-state index in [2.05, 4.69) is 5.32 Å². The first-order valence-electron chi connectivity index (χ1n) is 7.44. The van der Waals surface area contributed by atoms with Gasteiger partial charge in [-0.05, 0) is 44.4 Å². The van der Waals surface area contributed by atoms with Gasteiger partial charge in [0.15, 0.2) is 0 Å². The molecule has 114 valence electrons. The number of urea groups is 1. The van der Waals surface area contributed by atoms with Crippen molar-refractivity contribution < 1.29 is 19.1 Å². The van der Waals surface area contributed by atoms with Crippen molar-refractivity contribution >= 4 is 12.0 Å². The number of aliphatic carboxylic acids is 1. The topological polar surface area (TPSA) is 69.6 Å². The molecule has 0 spiro atoms. The van der Waals surface area contributed by atoms with E-state index in [1.807, 2.05) is 0 Å². The molecule has 1 heterocycles. The standard InChI is InChI=1S/C14H23FN2O3/c15-9-10-5-7-17(8-6-10)14(20)16-12-3-1-11(2-4-12)13(18)19/h10-12H,1-9H2,(H,16,20)(H,18,19). The zero-order valence-electron chi connectivity index (χ0n) is 11.7. The van der Waals surface area contributed by atoms with Crippen LogP contribution >= 0.6 is 0 Å². The highest BCUT2D eigenvalue weighted by molar-refractivity contribution is 5.74. The van der Waals surface area contributed by atoms with Gasteiger partial charge in [-0.2, -0.15) is 0 Å². The van der Waals surface area contributed by atoms with Crippen molar-refractivity contribution in [2.75, 3.05) is 19.8 Å². The Morgan fingerprint density at radius 3 is 2.20 bits per heavy atom. The molecule has 5 nitrogen and oxygen atoms in total. The highest BCUT2D eigenvalue weighted by atomic mass is 19.1. The molecule has 0 aromatic carbocycles. The summed E-state index contributed by atoms with van der Waals surface area (Å²) in [6.07, 6.45) is 4.17. The number of carbonyl (C=O) groups is 2. The van der Waals surface area contributed by atoms with Crippen LogP contribution in [0.4, 0.5) is 9.18 Å². The minimum absolute atomic E-state index is 0.0806. The third-order valence-corrected chi connectivity index (χ3v) is 4.52. The van der Waals surface area contributed by atoms with E-state index in [1.165, 1.54) is 0 Å². The number of nitrogens with zero attached hydrogens (tertiary/aromatic N) is 1. The van der Waals surface area contributed by atoms with Gasteiger partial charge < -0.3 is 15.3 Å². The Morgan fingerprint density at radius 1 is 1.10 bits per heavy atom. The van der Waals surface area contributed by atoms with E-state index < -0.39 is 5.97 Å². The molecule has 0 radical (unpaired) electrons. The summed E-state index contributed by atoms with van der Waals surface area (Å²) in [5.41, 5.74) is 0. The molecule has 0 aromatic heterocycles. The summed E-state index contributed by atoms with van der Waals surface area (Å²) in [6.45, 7) is 0.935. The highest BCUT2D eigenvalue weighted by Crippen LogP contribution is 2.25. The number of hydrogen-bond donors (Lipinski definition) is 2. The molecule has 2 aliphatic rings. The monoisotopic (exact) mass is 286 g/mol. The van der Waals surface area contributed by atoms with Crippen molar-refractivity contribution in [2.45, 2.75) is 44.6 Å². The van der Waals surface area contributed by atoms with E-state index in [-0.39, 0.29) is 30.6 Å². The van der Waals surface area contributed by atoms with Crippen molar-refractivity contribution in [1.29, 1.82) is 0 Å². The Morgan fingerprint density at radius 2 is 1.70 bits per heavy atom. The summed E-state index contributed by atoms with van der Waals surface area (Å²) in [4.78, 5) is 24.7. The van der Waals surface area contributed by atoms with Gasteiger partial charge >= 0.3 is 12.0 Å². The number of carbonyl (C=O) groups excluding carboxylic acids is 1. The molecule has 1 saturated carbocycles. The molecule has 0 bridgehead atoms. The van der Waals surface area contributed by atoms with Crippen molar-refractivity contribution in [3.8, 4) is 0 Å². The molecule has 2 N–H and O–H groups in total. The molecule has 20 heavy (non-hydrogen) atoms. The van der Waals surface area contributed by atoms with E-state index in [1.54, 1.807) is 4.90 Å². The lowest BCUT2D eigenvalue weighted by atomic mass is 9.86. The number of amides is 2. The molecule has 1 aliphatic heterocycles. The molecular formula is C14H23FN2O3. The number of alkyl halides is 1. The lowest BCUT2D eigenvalue weighted by molar-refractivity contribution is -0.142. The van der Waals surface area contributed by atoms with E-state index >= 15 is 0 Å². The molecule has 2 rings (SSSR count). The molecule has 1 saturated heterocycles. The van der Waals surface area contributed by atoms with Gasteiger partial charge in [0, 0.05) is 19.1 Å². The van der Waals surface area contributed by atoms with E-state index in [9.17, 15) is 14.0 Å². The number of carboxylic acids is 1. The summed E-state index contributed by atoms with van der Waals surface area (Å²) >= 11 is 0. The van der Waals surface area contributed by atoms with Gasteiger partial charge in [-0.15, -0.1) is 0 Å². The first kappa shape index (κ1) is 15.1. The predicted molar refractivity (Wildman–Crippen MR) is 72.2 cm³/mol. The van der Waals surface area contributed by atoms with E-state index in [4.69, 9.17) is 5.11 Å². The van der Waals surface area contributed by atoms with Gasteiger partial charge in [0.05, 0.1) is 12.6 Å². The van der Waals surface area contributed by atoms with Gasteiger partial charge in [-0.3, -0.25) is 9.18 Å². The number of likely N-dealkylation sites (tertiary alicyclic amines) is 1. The quantitative estimate of drug-likeness (QED) is 0.834. The third-order valence-electron chi connectivity index (χ3n) is 4.52. The SMILES string of the molecule is O=C(O)C1CCC(NC(=O)N2CCC(CF)CC2)CC1. The average Bonchev–Trinajstić information content (AvgIpc) is 2.48. The average molecular weight is 286 g/mol. The highest BCUT2D eigenvalue weighted by Gasteiger charge is 2.29. The fourth-order valence-electron chi connectivity index (χ4n) is 3.04.